The van der Waals surface area contributed by atoms with Gasteiger partial charge in [0, 0.05) is 31.5 Å². The van der Waals surface area contributed by atoms with Crippen molar-refractivity contribution in [3.05, 3.63) is 76.9 Å². The zero-order valence-electron chi connectivity index (χ0n) is 17.6. The first-order chi connectivity index (χ1) is 15.2. The minimum atomic E-state index is 0.0155. The predicted molar refractivity (Wildman–Crippen MR) is 124 cm³/mol. The van der Waals surface area contributed by atoms with Gasteiger partial charge in [-0.3, -0.25) is 0 Å². The maximum Gasteiger partial charge on any atom is 0.232 e. The average Bonchev–Trinajstić information content (AvgIpc) is 3.24. The summed E-state index contributed by atoms with van der Waals surface area (Å²) >= 11 is 6.19. The van der Waals surface area contributed by atoms with Crippen molar-refractivity contribution in [3.8, 4) is 17.4 Å². The molecule has 0 unspecified atom stereocenters. The van der Waals surface area contributed by atoms with E-state index < -0.39 is 0 Å². The Hall–Kier alpha value is -2.76. The summed E-state index contributed by atoms with van der Waals surface area (Å²) < 4.78 is 12.2. The average molecular weight is 439 g/mol. The molecule has 4 rings (SSSR count). The third-order valence-corrected chi connectivity index (χ3v) is 5.79. The number of benzene rings is 2. The third-order valence-electron chi connectivity index (χ3n) is 5.50. The number of para-hydroxylation sites is 1. The highest BCUT2D eigenvalue weighted by Crippen LogP contribution is 2.33. The molecule has 1 saturated heterocycles. The van der Waals surface area contributed by atoms with Crippen molar-refractivity contribution in [2.45, 2.75) is 32.3 Å². The van der Waals surface area contributed by atoms with Crippen LogP contribution in [0.5, 0.6) is 17.4 Å². The summed E-state index contributed by atoms with van der Waals surface area (Å²) in [6, 6.07) is 17.7. The number of anilines is 1. The molecule has 0 bridgehead atoms. The minimum absolute atomic E-state index is 0.0155. The van der Waals surface area contributed by atoms with E-state index in [1.807, 2.05) is 30.3 Å². The van der Waals surface area contributed by atoms with Crippen molar-refractivity contribution in [3.63, 3.8) is 0 Å². The fourth-order valence-corrected chi connectivity index (χ4v) is 4.10. The lowest BCUT2D eigenvalue weighted by Crippen LogP contribution is -2.25. The number of aromatic nitrogens is 1. The minimum Gasteiger partial charge on any atom is -0.471 e. The summed E-state index contributed by atoms with van der Waals surface area (Å²) in [4.78, 5) is 6.52. The Balaban J connectivity index is 1.50. The van der Waals surface area contributed by atoms with E-state index in [4.69, 9.17) is 21.1 Å². The quantitative estimate of drug-likeness (QED) is 0.518. The van der Waals surface area contributed by atoms with E-state index >= 15 is 0 Å². The molecule has 5 nitrogen and oxygen atoms in total. The monoisotopic (exact) mass is 438 g/mol. The zero-order chi connectivity index (χ0) is 21.6. The molecule has 1 aliphatic rings. The number of rotatable bonds is 8. The van der Waals surface area contributed by atoms with E-state index in [0.29, 0.717) is 17.3 Å². The summed E-state index contributed by atoms with van der Waals surface area (Å²) in [6.07, 6.45) is 4.06. The number of aryl methyl sites for hydroxylation is 1. The molecule has 162 valence electrons. The van der Waals surface area contributed by atoms with Gasteiger partial charge in [0.25, 0.3) is 0 Å². The van der Waals surface area contributed by atoms with Gasteiger partial charge in [-0.25, -0.2) is 4.98 Å². The largest absolute Gasteiger partial charge is 0.471 e. The van der Waals surface area contributed by atoms with Gasteiger partial charge in [0.1, 0.15) is 22.6 Å². The first-order valence-electron chi connectivity index (χ1n) is 10.7. The van der Waals surface area contributed by atoms with Crippen LogP contribution in [0.3, 0.4) is 0 Å². The van der Waals surface area contributed by atoms with Crippen LogP contribution in [0.1, 0.15) is 24.5 Å². The summed E-state index contributed by atoms with van der Waals surface area (Å²) in [5.41, 5.74) is 3.33. The number of hydrogen-bond donors (Lipinski definition) is 1. The van der Waals surface area contributed by atoms with Gasteiger partial charge in [-0.2, -0.15) is 0 Å². The fraction of sp³-hybridized carbons (Fsp3) is 0.320. The second-order valence-corrected chi connectivity index (χ2v) is 8.00. The molecule has 2 aromatic carbocycles. The second-order valence-electron chi connectivity index (χ2n) is 7.59. The van der Waals surface area contributed by atoms with Gasteiger partial charge >= 0.3 is 0 Å². The van der Waals surface area contributed by atoms with Crippen molar-refractivity contribution in [2.75, 3.05) is 24.6 Å². The molecule has 2 heterocycles. The highest BCUT2D eigenvalue weighted by Gasteiger charge is 2.26. The molecule has 3 aromatic rings. The maximum atomic E-state index is 9.62. The lowest BCUT2D eigenvalue weighted by molar-refractivity contribution is 0.216. The van der Waals surface area contributed by atoms with Crippen molar-refractivity contribution < 1.29 is 14.6 Å². The highest BCUT2D eigenvalue weighted by molar-refractivity contribution is 6.31. The summed E-state index contributed by atoms with van der Waals surface area (Å²) in [6.45, 7) is 3.81. The number of halogens is 1. The Kier molecular flexibility index (Phi) is 6.95. The highest BCUT2D eigenvalue weighted by atomic mass is 35.5. The second kappa shape index (κ2) is 10.0. The molecule has 0 saturated carbocycles. The van der Waals surface area contributed by atoms with Gasteiger partial charge in [0.05, 0.1) is 6.54 Å². The van der Waals surface area contributed by atoms with E-state index in [-0.39, 0.29) is 12.7 Å². The summed E-state index contributed by atoms with van der Waals surface area (Å²) in [7, 11) is 0. The first kappa shape index (κ1) is 21.5. The number of ether oxygens (including phenoxy) is 2. The van der Waals surface area contributed by atoms with Crippen LogP contribution in [0.15, 0.2) is 60.8 Å². The number of aliphatic hydroxyl groups is 1. The van der Waals surface area contributed by atoms with Crippen LogP contribution in [0.2, 0.25) is 5.02 Å². The molecule has 6 heteroatoms. The Morgan fingerprint density at radius 2 is 2.00 bits per heavy atom. The van der Waals surface area contributed by atoms with Gasteiger partial charge < -0.3 is 19.5 Å². The molecular formula is C25H27ClN2O3. The third kappa shape index (κ3) is 5.12. The molecule has 1 aromatic heterocycles. The fourth-order valence-electron chi connectivity index (χ4n) is 3.94. The van der Waals surface area contributed by atoms with Crippen LogP contribution in [0, 0.1) is 0 Å². The topological polar surface area (TPSA) is 54.8 Å². The Bertz CT molecular complexity index is 1030. The van der Waals surface area contributed by atoms with E-state index in [1.54, 1.807) is 18.3 Å². The van der Waals surface area contributed by atoms with Gasteiger partial charge in [-0.05, 0) is 60.4 Å². The number of aliphatic hydroxyl groups excluding tert-OH is 1. The van der Waals surface area contributed by atoms with Crippen LogP contribution in [0.25, 0.3) is 0 Å². The van der Waals surface area contributed by atoms with Crippen molar-refractivity contribution in [2.24, 2.45) is 0 Å². The van der Waals surface area contributed by atoms with Gasteiger partial charge in [-0.15, -0.1) is 0 Å². The lowest BCUT2D eigenvalue weighted by atomic mass is 10.1. The molecule has 0 spiro atoms. The van der Waals surface area contributed by atoms with Crippen molar-refractivity contribution >= 4 is 17.3 Å². The van der Waals surface area contributed by atoms with Crippen LogP contribution < -0.4 is 14.4 Å². The number of hydrogen-bond acceptors (Lipinski definition) is 5. The summed E-state index contributed by atoms with van der Waals surface area (Å²) in [5.74, 6) is 2.12. The molecule has 1 N–H and O–H groups in total. The normalized spacial score (nSPS) is 15.8. The Morgan fingerprint density at radius 1 is 1.13 bits per heavy atom. The van der Waals surface area contributed by atoms with Crippen LogP contribution in [0.4, 0.5) is 5.69 Å². The standard InChI is InChI=1S/C25H27ClN2O3/c1-2-18-6-3-4-8-24(18)30-20-9-10-23(19(16-20)12-15-29)28-14-11-21(17-28)31-25-22(26)7-5-13-27-25/h3-10,13,16,21,29H,2,11-12,14-15,17H2,1H3/t21-/m0/s1. The Labute approximate surface area is 188 Å². The van der Waals surface area contributed by atoms with Crippen molar-refractivity contribution in [1.82, 2.24) is 4.98 Å². The number of nitrogens with zero attached hydrogens (tertiary/aromatic N) is 2. The van der Waals surface area contributed by atoms with Gasteiger partial charge in [-0.1, -0.05) is 36.7 Å². The number of pyridine rings is 1. The van der Waals surface area contributed by atoms with E-state index in [1.165, 1.54) is 5.56 Å². The molecule has 31 heavy (non-hydrogen) atoms. The predicted octanol–water partition coefficient (Wildman–Crippen LogP) is 5.28. The van der Waals surface area contributed by atoms with E-state index in [0.717, 1.165) is 48.7 Å². The summed E-state index contributed by atoms with van der Waals surface area (Å²) in [5, 5.41) is 10.1. The van der Waals surface area contributed by atoms with E-state index in [9.17, 15) is 5.11 Å². The molecule has 0 aliphatic carbocycles. The Morgan fingerprint density at radius 3 is 2.81 bits per heavy atom. The van der Waals surface area contributed by atoms with Crippen LogP contribution >= 0.6 is 11.6 Å². The molecule has 1 atom stereocenters. The SMILES string of the molecule is CCc1ccccc1Oc1ccc(N2CC[C@H](Oc3ncccc3Cl)C2)c(CCO)c1. The first-order valence-corrected chi connectivity index (χ1v) is 11.1. The smallest absolute Gasteiger partial charge is 0.232 e. The zero-order valence-corrected chi connectivity index (χ0v) is 18.4. The molecule has 1 fully saturated rings. The van der Waals surface area contributed by atoms with Gasteiger partial charge in [0.15, 0.2) is 0 Å². The molecule has 1 aliphatic heterocycles. The van der Waals surface area contributed by atoms with E-state index in [2.05, 4.69) is 28.9 Å². The van der Waals surface area contributed by atoms with Gasteiger partial charge in [0.2, 0.25) is 5.88 Å². The van der Waals surface area contributed by atoms with Crippen LogP contribution in [-0.4, -0.2) is 35.9 Å². The maximum absolute atomic E-state index is 9.62. The molecule has 0 radical (unpaired) electrons. The van der Waals surface area contributed by atoms with Crippen molar-refractivity contribution in [1.29, 1.82) is 0 Å². The molecule has 0 amide bonds. The lowest BCUT2D eigenvalue weighted by Gasteiger charge is -2.23. The molecular weight excluding hydrogens is 412 g/mol. The van der Waals surface area contributed by atoms with Crippen LogP contribution in [-0.2, 0) is 12.8 Å².